The van der Waals surface area contributed by atoms with Gasteiger partial charge >= 0.3 is 0 Å². The monoisotopic (exact) mass is 1610 g/mol. The molecule has 588 valence electrons. The van der Waals surface area contributed by atoms with Crippen LogP contribution in [-0.2, 0) is 0 Å². The smallest absolute Gasteiger partial charge is 0.0473 e. The fraction of sp³-hybridized carbons (Fsp3) is 0. The lowest BCUT2D eigenvalue weighted by molar-refractivity contribution is 1.28. The standard InChI is InChI=1S/C66H39N.C60H35N/c1-7-40-19-25-49-31-55(32-50-26-20-41(8-1)61(40)64(49)50)46-13-4-16-58(37-46)67(59-17-5-14-47(38-59)56-33-51-27-21-42-9-2-10-43-22-28-52(34-56)65(51)62(42)43)60-18-6-15-48(39-60)57-35-53-29-23-44-11-3-12-45-24-30-54(36-57)66(53)63(44)45;1-4-38-10-16-44-30-50(31-45-17-11-39(5-1)55(38)58(44)45)36-22-26-52(27-23-36)61(54-34-48-20-14-42-8-3-9-43-15-21-49(35-54)60(48)57(42)43)53-28-24-37(25-29-53)51-32-46-18-12-40-6-2-7-41-13-19-47(33-51)59(46)56(40)41/h1-39H;1-35H. The zero-order valence-electron chi connectivity index (χ0n) is 69.6. The van der Waals surface area contributed by atoms with Crippen LogP contribution in [0.3, 0.4) is 0 Å². The highest BCUT2D eigenvalue weighted by Crippen LogP contribution is 2.50. The molecule has 29 rings (SSSR count). The van der Waals surface area contributed by atoms with Crippen LogP contribution in [0, 0.1) is 0 Å². The third-order valence-electron chi connectivity index (χ3n) is 28.3. The maximum absolute atomic E-state index is 2.44. The van der Waals surface area contributed by atoms with E-state index < -0.39 is 0 Å². The Bertz CT molecular complexity index is 8560. The molecule has 0 aliphatic heterocycles. The molecule has 0 unspecified atom stereocenters. The van der Waals surface area contributed by atoms with Gasteiger partial charge < -0.3 is 9.80 Å². The van der Waals surface area contributed by atoms with Crippen molar-refractivity contribution in [2.75, 3.05) is 9.80 Å². The molecule has 29 aromatic carbocycles. The molecule has 0 atom stereocenters. The summed E-state index contributed by atoms with van der Waals surface area (Å²) in [4.78, 5) is 4.86. The first-order valence-electron chi connectivity index (χ1n) is 44.5. The summed E-state index contributed by atoms with van der Waals surface area (Å²) in [5.41, 5.74) is 18.7. The summed E-state index contributed by atoms with van der Waals surface area (Å²) in [6.45, 7) is 0. The quantitative estimate of drug-likeness (QED) is 0.119. The number of hydrogen-bond acceptors (Lipinski definition) is 2. The largest absolute Gasteiger partial charge is 0.310 e. The van der Waals surface area contributed by atoms with Crippen molar-refractivity contribution >= 4 is 228 Å². The van der Waals surface area contributed by atoms with Gasteiger partial charge in [-0.05, 0) is 383 Å². The predicted molar refractivity (Wildman–Crippen MR) is 552 cm³/mol. The van der Waals surface area contributed by atoms with E-state index in [0.717, 1.165) is 34.1 Å². The highest BCUT2D eigenvalue weighted by molar-refractivity contribution is 6.30. The maximum atomic E-state index is 2.44. The molecular weight excluding hydrogens is 1540 g/mol. The van der Waals surface area contributed by atoms with Gasteiger partial charge in [-0.1, -0.05) is 315 Å². The Labute approximate surface area is 737 Å². The molecule has 0 saturated heterocycles. The summed E-state index contributed by atoms with van der Waals surface area (Å²) < 4.78 is 0. The first kappa shape index (κ1) is 70.7. The van der Waals surface area contributed by atoms with Crippen LogP contribution < -0.4 is 9.80 Å². The van der Waals surface area contributed by atoms with Crippen molar-refractivity contribution in [2.24, 2.45) is 0 Å². The first-order chi connectivity index (χ1) is 63.3. The van der Waals surface area contributed by atoms with Crippen LogP contribution in [0.1, 0.15) is 0 Å². The summed E-state index contributed by atoms with van der Waals surface area (Å²) in [6, 6.07) is 168. The molecule has 0 aliphatic carbocycles. The highest BCUT2D eigenvalue weighted by atomic mass is 15.1. The van der Waals surface area contributed by atoms with Crippen LogP contribution in [-0.4, -0.2) is 0 Å². The van der Waals surface area contributed by atoms with E-state index in [1.165, 1.54) is 250 Å². The van der Waals surface area contributed by atoms with E-state index in [0.29, 0.717) is 0 Å². The van der Waals surface area contributed by atoms with Gasteiger partial charge in [0.2, 0.25) is 0 Å². The molecule has 0 spiro atoms. The number of rotatable bonds is 11. The average Bonchev–Trinajstić information content (AvgIpc) is 0.696. The second kappa shape index (κ2) is 27.4. The van der Waals surface area contributed by atoms with Crippen molar-refractivity contribution in [2.45, 2.75) is 0 Å². The minimum absolute atomic E-state index is 1.10. The predicted octanol–water partition coefficient (Wildman–Crippen LogP) is 36.0. The Morgan fingerprint density at radius 3 is 0.445 bits per heavy atom. The molecule has 2 nitrogen and oxygen atoms in total. The summed E-state index contributed by atoms with van der Waals surface area (Å²) in [5, 5.41) is 46.8. The lowest BCUT2D eigenvalue weighted by Gasteiger charge is -2.27. The Morgan fingerprint density at radius 1 is 0.0859 bits per heavy atom. The van der Waals surface area contributed by atoms with Crippen LogP contribution >= 0.6 is 0 Å². The normalized spacial score (nSPS) is 12.2. The summed E-state index contributed by atoms with van der Waals surface area (Å²) in [6.07, 6.45) is 0. The third kappa shape index (κ3) is 11.0. The van der Waals surface area contributed by atoms with E-state index in [1.54, 1.807) is 0 Å². The zero-order chi connectivity index (χ0) is 83.5. The fourth-order valence-electron chi connectivity index (χ4n) is 22.4. The van der Waals surface area contributed by atoms with Crippen LogP contribution in [0.2, 0.25) is 0 Å². The molecule has 128 heavy (non-hydrogen) atoms. The van der Waals surface area contributed by atoms with E-state index in [-0.39, 0.29) is 0 Å². The van der Waals surface area contributed by atoms with Gasteiger partial charge in [0.15, 0.2) is 0 Å². The Balaban J connectivity index is 0.000000130. The fourth-order valence-corrected chi connectivity index (χ4v) is 22.4. The summed E-state index contributed by atoms with van der Waals surface area (Å²) in [7, 11) is 0. The van der Waals surface area contributed by atoms with E-state index in [4.69, 9.17) is 0 Å². The van der Waals surface area contributed by atoms with Crippen LogP contribution in [0.15, 0.2) is 449 Å². The van der Waals surface area contributed by atoms with Gasteiger partial charge in [-0.25, -0.2) is 0 Å². The topological polar surface area (TPSA) is 6.48 Å². The van der Waals surface area contributed by atoms with Crippen LogP contribution in [0.5, 0.6) is 0 Å². The van der Waals surface area contributed by atoms with Gasteiger partial charge in [0.1, 0.15) is 0 Å². The maximum Gasteiger partial charge on any atom is 0.0473 e. The molecule has 29 aromatic rings. The Kier molecular flexibility index (Phi) is 15.1. The molecule has 2 heteroatoms. The van der Waals surface area contributed by atoms with Crippen molar-refractivity contribution in [3.8, 4) is 55.6 Å². The van der Waals surface area contributed by atoms with Crippen molar-refractivity contribution in [1.82, 2.24) is 0 Å². The average molecular weight is 1620 g/mol. The second-order valence-electron chi connectivity index (χ2n) is 35.4. The molecule has 0 radical (unpaired) electrons. The Hall–Kier alpha value is -16.8. The van der Waals surface area contributed by atoms with Crippen molar-refractivity contribution < 1.29 is 0 Å². The molecule has 0 heterocycles. The Morgan fingerprint density at radius 2 is 0.242 bits per heavy atom. The van der Waals surface area contributed by atoms with Crippen molar-refractivity contribution in [3.05, 3.63) is 449 Å². The lowest BCUT2D eigenvalue weighted by atomic mass is 9.91. The number of nitrogens with zero attached hydrogens (tertiary/aromatic N) is 2. The minimum Gasteiger partial charge on any atom is -0.310 e. The molecular formula is C126H74N2. The van der Waals surface area contributed by atoms with Gasteiger partial charge in [0.25, 0.3) is 0 Å². The minimum atomic E-state index is 1.10. The van der Waals surface area contributed by atoms with Crippen molar-refractivity contribution in [1.29, 1.82) is 0 Å². The molecule has 0 aliphatic rings. The SMILES string of the molecule is c1cc(-c2cc3ccc4cccc5ccc(c2)c3c45)cc(N(c2cccc(-c3cc4ccc5cccc6ccc(c3)c4c56)c2)c2cccc(-c3cc4ccc5cccc6ccc(c3)c4c56)c2)c1.c1cc2ccc3cc(-c4ccc(N(c5ccc(-c6cc7ccc8cccc9ccc(c6)c7c89)cc5)c5cc6ccc7cccc8ccc(c5)c6c78)cc4)cc4ccc(c1)c2c34. The van der Waals surface area contributed by atoms with E-state index >= 15 is 0 Å². The number of hydrogen-bond donors (Lipinski definition) is 0. The lowest BCUT2D eigenvalue weighted by Crippen LogP contribution is -2.10. The van der Waals surface area contributed by atoms with E-state index in [2.05, 4.69) is 459 Å². The summed E-state index contributed by atoms with van der Waals surface area (Å²) >= 11 is 0. The van der Waals surface area contributed by atoms with Gasteiger partial charge in [0, 0.05) is 34.1 Å². The van der Waals surface area contributed by atoms with Crippen LogP contribution in [0.4, 0.5) is 34.1 Å². The summed E-state index contributed by atoms with van der Waals surface area (Å²) in [5.74, 6) is 0. The molecule has 0 aromatic heterocycles. The first-order valence-corrected chi connectivity index (χ1v) is 44.5. The van der Waals surface area contributed by atoms with E-state index in [1.807, 2.05) is 0 Å². The second-order valence-corrected chi connectivity index (χ2v) is 35.4. The third-order valence-corrected chi connectivity index (χ3v) is 28.3. The highest BCUT2D eigenvalue weighted by Gasteiger charge is 2.24. The molecule has 0 saturated carbocycles. The van der Waals surface area contributed by atoms with Crippen LogP contribution in [0.25, 0.3) is 250 Å². The zero-order valence-corrected chi connectivity index (χ0v) is 69.6. The molecule has 0 amide bonds. The molecule has 0 bridgehead atoms. The van der Waals surface area contributed by atoms with Crippen molar-refractivity contribution in [3.63, 3.8) is 0 Å². The van der Waals surface area contributed by atoms with Gasteiger partial charge in [0.05, 0.1) is 0 Å². The van der Waals surface area contributed by atoms with Gasteiger partial charge in [-0.3, -0.25) is 0 Å². The van der Waals surface area contributed by atoms with E-state index in [9.17, 15) is 0 Å². The number of benzene rings is 29. The molecule has 0 fully saturated rings. The number of anilines is 6. The van der Waals surface area contributed by atoms with Gasteiger partial charge in [-0.15, -0.1) is 0 Å². The van der Waals surface area contributed by atoms with Gasteiger partial charge in [-0.2, -0.15) is 0 Å². The molecule has 0 N–H and O–H groups in total.